The molecule has 0 saturated carbocycles. The summed E-state index contributed by atoms with van der Waals surface area (Å²) >= 11 is 0. The quantitative estimate of drug-likeness (QED) is 0.586. The minimum Gasteiger partial charge on any atom is -0.508 e. The van der Waals surface area contributed by atoms with Crippen LogP contribution in [0.1, 0.15) is 24.5 Å². The number of aromatic amines is 1. The molecule has 1 fully saturated rings. The number of anilines is 1. The van der Waals surface area contributed by atoms with E-state index in [1.807, 2.05) is 30.3 Å². The topological polar surface area (TPSA) is 108 Å². The molecule has 2 aliphatic rings. The number of phenolic OH excluding ortho intramolecular Hbond substituents is 1. The molecule has 2 aromatic carbocycles. The van der Waals surface area contributed by atoms with Crippen LogP contribution in [0.4, 0.5) is 10.5 Å². The zero-order valence-electron chi connectivity index (χ0n) is 17.7. The smallest absolute Gasteiger partial charge is 0.414 e. The van der Waals surface area contributed by atoms with Gasteiger partial charge in [-0.15, -0.1) is 0 Å². The van der Waals surface area contributed by atoms with Crippen LogP contribution in [0.15, 0.2) is 42.5 Å². The summed E-state index contributed by atoms with van der Waals surface area (Å²) in [6.45, 7) is 2.15. The first-order valence-corrected chi connectivity index (χ1v) is 10.7. The van der Waals surface area contributed by atoms with Crippen LogP contribution in [0.2, 0.25) is 0 Å². The molecule has 0 unspecified atom stereocenters. The SMILES string of the molecule is CC(=O)NC[C@H]1CN(c2ccc3c(c2)CCCc2c(-c4ccc(O)cc4)n[nH]c2-3)C(=O)O1. The molecule has 1 aliphatic carbocycles. The Hall–Kier alpha value is -3.81. The molecule has 2 heterocycles. The molecule has 0 radical (unpaired) electrons. The first-order valence-electron chi connectivity index (χ1n) is 10.7. The molecule has 164 valence electrons. The highest BCUT2D eigenvalue weighted by Crippen LogP contribution is 2.38. The van der Waals surface area contributed by atoms with Crippen molar-refractivity contribution in [1.82, 2.24) is 15.5 Å². The van der Waals surface area contributed by atoms with E-state index in [-0.39, 0.29) is 17.8 Å². The number of cyclic esters (lactones) is 1. The highest BCUT2D eigenvalue weighted by Gasteiger charge is 2.33. The Balaban J connectivity index is 1.43. The molecule has 0 bridgehead atoms. The lowest BCUT2D eigenvalue weighted by Gasteiger charge is -2.16. The number of aromatic nitrogens is 2. The summed E-state index contributed by atoms with van der Waals surface area (Å²) in [5.74, 6) is 0.0829. The van der Waals surface area contributed by atoms with E-state index in [4.69, 9.17) is 4.74 Å². The van der Waals surface area contributed by atoms with E-state index in [0.717, 1.165) is 58.6 Å². The van der Waals surface area contributed by atoms with Crippen molar-refractivity contribution in [2.75, 3.05) is 18.0 Å². The van der Waals surface area contributed by atoms with Gasteiger partial charge in [-0.1, -0.05) is 6.07 Å². The molecule has 32 heavy (non-hydrogen) atoms. The number of aromatic hydroxyl groups is 1. The molecule has 8 heteroatoms. The third-order valence-electron chi connectivity index (χ3n) is 6.00. The molecule has 1 aliphatic heterocycles. The van der Waals surface area contributed by atoms with E-state index in [2.05, 4.69) is 15.5 Å². The van der Waals surface area contributed by atoms with Crippen molar-refractivity contribution in [1.29, 1.82) is 0 Å². The normalized spacial score (nSPS) is 17.3. The first-order chi connectivity index (χ1) is 15.5. The van der Waals surface area contributed by atoms with Gasteiger partial charge in [0.05, 0.1) is 24.5 Å². The average Bonchev–Trinajstić information content (AvgIpc) is 3.31. The maximum Gasteiger partial charge on any atom is 0.414 e. The zero-order chi connectivity index (χ0) is 22.2. The minimum absolute atomic E-state index is 0.147. The van der Waals surface area contributed by atoms with Crippen molar-refractivity contribution < 1.29 is 19.4 Å². The van der Waals surface area contributed by atoms with Crippen molar-refractivity contribution in [3.8, 4) is 28.3 Å². The molecule has 8 nitrogen and oxygen atoms in total. The highest BCUT2D eigenvalue weighted by atomic mass is 16.6. The van der Waals surface area contributed by atoms with E-state index in [1.165, 1.54) is 6.92 Å². The Kier molecular flexibility index (Phi) is 5.05. The van der Waals surface area contributed by atoms with E-state index in [9.17, 15) is 14.7 Å². The van der Waals surface area contributed by atoms with Crippen LogP contribution in [-0.2, 0) is 22.4 Å². The van der Waals surface area contributed by atoms with Gasteiger partial charge in [-0.25, -0.2) is 4.79 Å². The predicted molar refractivity (Wildman–Crippen MR) is 119 cm³/mol. The number of rotatable bonds is 4. The van der Waals surface area contributed by atoms with Crippen molar-refractivity contribution in [3.05, 3.63) is 53.6 Å². The van der Waals surface area contributed by atoms with Crippen LogP contribution in [0.3, 0.4) is 0 Å². The number of phenols is 1. The number of hydrogen-bond acceptors (Lipinski definition) is 5. The van der Waals surface area contributed by atoms with E-state index < -0.39 is 6.09 Å². The number of nitrogens with zero attached hydrogens (tertiary/aromatic N) is 2. The summed E-state index contributed by atoms with van der Waals surface area (Å²) < 4.78 is 5.40. The van der Waals surface area contributed by atoms with Crippen molar-refractivity contribution in [2.24, 2.45) is 0 Å². The number of hydrogen-bond donors (Lipinski definition) is 3. The molecule has 1 atom stereocenters. The van der Waals surface area contributed by atoms with Crippen LogP contribution in [0.25, 0.3) is 22.5 Å². The molecule has 2 amide bonds. The summed E-state index contributed by atoms with van der Waals surface area (Å²) in [5, 5.41) is 20.1. The number of fused-ring (bicyclic) bond motifs is 3. The Labute approximate surface area is 185 Å². The van der Waals surface area contributed by atoms with Crippen LogP contribution < -0.4 is 10.2 Å². The Morgan fingerprint density at radius 1 is 1.25 bits per heavy atom. The van der Waals surface area contributed by atoms with Gasteiger partial charge in [0.25, 0.3) is 0 Å². The molecule has 3 aromatic rings. The molecule has 1 aromatic heterocycles. The number of carbonyl (C=O) groups is 2. The monoisotopic (exact) mass is 432 g/mol. The maximum absolute atomic E-state index is 12.4. The summed E-state index contributed by atoms with van der Waals surface area (Å²) in [4.78, 5) is 25.2. The fourth-order valence-electron chi connectivity index (χ4n) is 4.44. The third kappa shape index (κ3) is 3.68. The molecular weight excluding hydrogens is 408 g/mol. The number of amides is 2. The lowest BCUT2D eigenvalue weighted by atomic mass is 9.99. The standard InChI is InChI=1S/C24H24N4O4/c1-14(29)25-12-19-13-28(24(31)32-19)17-7-10-20-16(11-17)3-2-4-21-22(26-27-23(20)21)15-5-8-18(30)9-6-15/h5-11,19,30H,2-4,12-13H2,1H3,(H,25,29)(H,26,27)/t19-/m0/s1. The van der Waals surface area contributed by atoms with Gasteiger partial charge in [0.15, 0.2) is 0 Å². The summed E-state index contributed by atoms with van der Waals surface area (Å²) in [7, 11) is 0. The third-order valence-corrected chi connectivity index (χ3v) is 6.00. The van der Waals surface area contributed by atoms with Gasteiger partial charge in [0, 0.05) is 29.3 Å². The molecule has 1 saturated heterocycles. The predicted octanol–water partition coefficient (Wildman–Crippen LogP) is 3.40. The molecule has 5 rings (SSSR count). The molecule has 3 N–H and O–H groups in total. The fourth-order valence-corrected chi connectivity index (χ4v) is 4.44. The first kappa shape index (κ1) is 20.1. The lowest BCUT2D eigenvalue weighted by molar-refractivity contribution is -0.119. The largest absolute Gasteiger partial charge is 0.508 e. The van der Waals surface area contributed by atoms with E-state index >= 15 is 0 Å². The van der Waals surface area contributed by atoms with Gasteiger partial charge in [0.2, 0.25) is 5.91 Å². The second-order valence-electron chi connectivity index (χ2n) is 8.22. The van der Waals surface area contributed by atoms with Crippen LogP contribution in [0, 0.1) is 0 Å². The number of nitrogens with one attached hydrogen (secondary N) is 2. The summed E-state index contributed by atoms with van der Waals surface area (Å²) in [6, 6.07) is 13.1. The van der Waals surface area contributed by atoms with Gasteiger partial charge in [-0.3, -0.25) is 14.8 Å². The van der Waals surface area contributed by atoms with Crippen LogP contribution in [-0.4, -0.2) is 46.5 Å². The van der Waals surface area contributed by atoms with Gasteiger partial charge in [-0.05, 0) is 61.2 Å². The fraction of sp³-hybridized carbons (Fsp3) is 0.292. The number of H-pyrrole nitrogens is 1. The number of ether oxygens (including phenoxy) is 1. The van der Waals surface area contributed by atoms with Gasteiger partial charge in [0.1, 0.15) is 11.9 Å². The summed E-state index contributed by atoms with van der Waals surface area (Å²) in [5.41, 5.74) is 7.06. The lowest BCUT2D eigenvalue weighted by Crippen LogP contribution is -2.33. The number of aryl methyl sites for hydroxylation is 1. The molecular formula is C24H24N4O4. The maximum atomic E-state index is 12.4. The van der Waals surface area contributed by atoms with E-state index in [0.29, 0.717) is 13.1 Å². The van der Waals surface area contributed by atoms with Crippen molar-refractivity contribution >= 4 is 17.7 Å². The summed E-state index contributed by atoms with van der Waals surface area (Å²) in [6.07, 6.45) is 1.97. The minimum atomic E-state index is -0.397. The Bertz CT molecular complexity index is 1190. The Morgan fingerprint density at radius 2 is 2.06 bits per heavy atom. The second-order valence-corrected chi connectivity index (χ2v) is 8.22. The highest BCUT2D eigenvalue weighted by molar-refractivity contribution is 5.91. The van der Waals surface area contributed by atoms with Crippen LogP contribution >= 0.6 is 0 Å². The average molecular weight is 432 g/mol. The number of carbonyl (C=O) groups excluding carboxylic acids is 2. The van der Waals surface area contributed by atoms with Gasteiger partial charge in [-0.2, -0.15) is 5.10 Å². The van der Waals surface area contributed by atoms with Crippen LogP contribution in [0.5, 0.6) is 5.75 Å². The second kappa shape index (κ2) is 8.03. The molecule has 0 spiro atoms. The van der Waals surface area contributed by atoms with Crippen molar-refractivity contribution in [2.45, 2.75) is 32.3 Å². The Morgan fingerprint density at radius 3 is 2.84 bits per heavy atom. The zero-order valence-corrected chi connectivity index (χ0v) is 17.7. The van der Waals surface area contributed by atoms with Gasteiger partial charge >= 0.3 is 6.09 Å². The van der Waals surface area contributed by atoms with Gasteiger partial charge < -0.3 is 15.2 Å². The number of benzene rings is 2. The van der Waals surface area contributed by atoms with E-state index in [1.54, 1.807) is 17.0 Å². The van der Waals surface area contributed by atoms with Crippen molar-refractivity contribution in [3.63, 3.8) is 0 Å².